The summed E-state index contributed by atoms with van der Waals surface area (Å²) >= 11 is 0. The predicted molar refractivity (Wildman–Crippen MR) is 36.2 cm³/mol. The maximum atomic E-state index is 0. The number of hydrogen-bond donors (Lipinski definition) is 0. The molecule has 0 aromatic carbocycles. The molecule has 4 N–H and O–H groups in total. The van der Waals surface area contributed by atoms with E-state index in [0.29, 0.717) is 0 Å². The average molecular weight is 126 g/mol. The van der Waals surface area contributed by atoms with E-state index in [2.05, 4.69) is 0 Å². The summed E-state index contributed by atoms with van der Waals surface area (Å²) in [7, 11) is 0. The molecule has 2 nitrogen and oxygen atoms in total. The Morgan fingerprint density at radius 1 is 1.00 bits per heavy atom. The molecule has 0 aliphatic rings. The summed E-state index contributed by atoms with van der Waals surface area (Å²) in [6, 6.07) is 0. The normalized spacial score (nSPS) is 0. The van der Waals surface area contributed by atoms with Crippen LogP contribution in [0.2, 0.25) is 0 Å². The Balaban J connectivity index is 0. The average Bonchev–Trinajstić information content (AvgIpc) is 0. The zero-order chi connectivity index (χ0) is 0. The van der Waals surface area contributed by atoms with Gasteiger partial charge in [-0.25, -0.2) is 0 Å². The van der Waals surface area contributed by atoms with E-state index in [1.807, 2.05) is 0 Å². The van der Waals surface area contributed by atoms with Gasteiger partial charge < -0.3 is 13.8 Å². The molecule has 0 aromatic rings. The second kappa shape index (κ2) is 44.9. The molecule has 1 unspecified atom stereocenters. The van der Waals surface area contributed by atoms with Crippen LogP contribution in [0, 0.1) is 0 Å². The molecule has 0 saturated carbocycles. The third-order valence-electron chi connectivity index (χ3n) is 0. The molecular formula is H12AlMgO2P. The Morgan fingerprint density at radius 3 is 1.00 bits per heavy atom. The number of hydrogen-bond acceptors (Lipinski definition) is 0. The summed E-state index contributed by atoms with van der Waals surface area (Å²) in [5.74, 6) is 0. The topological polar surface area (TPSA) is 63.0 Å². The van der Waals surface area contributed by atoms with Gasteiger partial charge in [0.2, 0.25) is 0 Å². The standard InChI is InChI=1S/Al.Mg.2H2O.H3P.5H/h;;2*1H2;1H3;;;;;/q;+2;;;;;;;2*-1. The van der Waals surface area contributed by atoms with Gasteiger partial charge in [0.15, 0.2) is 17.4 Å². The van der Waals surface area contributed by atoms with Crippen LogP contribution < -0.4 is 0 Å². The fourth-order valence-corrected chi connectivity index (χ4v) is 0. The zero-order valence-electron chi connectivity index (χ0n) is 4.41. The van der Waals surface area contributed by atoms with Crippen molar-refractivity contribution >= 4 is 50.3 Å². The van der Waals surface area contributed by atoms with Crippen molar-refractivity contribution in [3.8, 4) is 0 Å². The van der Waals surface area contributed by atoms with Crippen LogP contribution in [-0.4, -0.2) is 51.4 Å². The van der Waals surface area contributed by atoms with Gasteiger partial charge in [-0.2, -0.15) is 9.90 Å². The van der Waals surface area contributed by atoms with E-state index in [1.54, 1.807) is 0 Å². The van der Waals surface area contributed by atoms with E-state index in [-0.39, 0.29) is 64.1 Å². The van der Waals surface area contributed by atoms with Gasteiger partial charge in [0.25, 0.3) is 0 Å². The first kappa shape index (κ1) is 78.0. The Bertz CT molecular complexity index is 15.7. The second-order valence-electron chi connectivity index (χ2n) is 0. The van der Waals surface area contributed by atoms with Gasteiger partial charge >= 0.3 is 23.1 Å². The first-order chi connectivity index (χ1) is 0. The van der Waals surface area contributed by atoms with Gasteiger partial charge in [-0.3, -0.25) is 0 Å². The second-order valence-corrected chi connectivity index (χ2v) is 0. The molecule has 0 saturated heterocycles. The van der Waals surface area contributed by atoms with Crippen LogP contribution in [0.3, 0.4) is 0 Å². The van der Waals surface area contributed by atoms with Crippen LogP contribution in [0.25, 0.3) is 0 Å². The van der Waals surface area contributed by atoms with Crippen molar-refractivity contribution in [3.05, 3.63) is 0 Å². The summed E-state index contributed by atoms with van der Waals surface area (Å²) < 4.78 is 0. The fourth-order valence-electron chi connectivity index (χ4n) is 0. The smallest absolute Gasteiger partial charge is 1.00 e. The van der Waals surface area contributed by atoms with Gasteiger partial charge in [0.05, 0.1) is 0 Å². The van der Waals surface area contributed by atoms with E-state index in [1.165, 1.54) is 0 Å². The molecule has 5 heavy (non-hydrogen) atoms. The molecule has 0 fully saturated rings. The minimum atomic E-state index is 0. The molecule has 0 aromatic heterocycles. The Hall–Kier alpha value is 1.65. The van der Waals surface area contributed by atoms with Crippen molar-refractivity contribution in [2.24, 2.45) is 0 Å². The van der Waals surface area contributed by atoms with Gasteiger partial charge in [-0.05, 0) is 0 Å². The Morgan fingerprint density at radius 2 is 1.00 bits per heavy atom. The largest absolute Gasteiger partial charge is 2.00 e. The molecule has 0 aliphatic carbocycles. The van der Waals surface area contributed by atoms with Crippen molar-refractivity contribution in [3.63, 3.8) is 0 Å². The van der Waals surface area contributed by atoms with Crippen molar-refractivity contribution in [1.82, 2.24) is 0 Å². The van der Waals surface area contributed by atoms with E-state index in [9.17, 15) is 0 Å². The van der Waals surface area contributed by atoms with E-state index >= 15 is 0 Å². The Kier molecular flexibility index (Phi) is 701. The summed E-state index contributed by atoms with van der Waals surface area (Å²) in [5.41, 5.74) is 0. The first-order valence-electron chi connectivity index (χ1n) is 0. The van der Waals surface area contributed by atoms with E-state index in [0.717, 1.165) is 0 Å². The Labute approximate surface area is 64.2 Å². The quantitative estimate of drug-likeness (QED) is 0.246. The summed E-state index contributed by atoms with van der Waals surface area (Å²) in [5, 5.41) is 0. The van der Waals surface area contributed by atoms with Crippen molar-refractivity contribution < 1.29 is 13.8 Å². The third kappa shape index (κ3) is 27.7. The zero-order valence-corrected chi connectivity index (χ0v) is 5.24. The van der Waals surface area contributed by atoms with Gasteiger partial charge in [0, 0.05) is 0 Å². The first-order valence-corrected chi connectivity index (χ1v) is 0. The SMILES string of the molecule is O.O.P.[AlH3].[H-].[H-].[Mg+2]. The van der Waals surface area contributed by atoms with Crippen molar-refractivity contribution in [2.75, 3.05) is 0 Å². The molecule has 0 spiro atoms. The van der Waals surface area contributed by atoms with Crippen LogP contribution in [0.5, 0.6) is 0 Å². The maximum absolute atomic E-state index is 0. The van der Waals surface area contributed by atoms with Gasteiger partial charge in [-0.1, -0.05) is 0 Å². The minimum Gasteiger partial charge on any atom is -1.00 e. The predicted octanol–water partition coefficient (Wildman–Crippen LogP) is -2.93. The minimum absolute atomic E-state index is 0. The van der Waals surface area contributed by atoms with Crippen LogP contribution in [0.1, 0.15) is 2.85 Å². The van der Waals surface area contributed by atoms with Crippen LogP contribution in [0.15, 0.2) is 0 Å². The van der Waals surface area contributed by atoms with Crippen molar-refractivity contribution in [2.45, 2.75) is 0 Å². The molecule has 0 amide bonds. The molecule has 0 radical (unpaired) electrons. The third-order valence-corrected chi connectivity index (χ3v) is 0. The molecule has 34 valence electrons. The summed E-state index contributed by atoms with van der Waals surface area (Å²) in [4.78, 5) is 0. The molecular weight excluding hydrogens is 114 g/mol. The van der Waals surface area contributed by atoms with E-state index < -0.39 is 0 Å². The number of rotatable bonds is 0. The molecule has 0 bridgehead atoms. The molecule has 5 heteroatoms. The van der Waals surface area contributed by atoms with Crippen LogP contribution >= 0.6 is 9.90 Å². The van der Waals surface area contributed by atoms with Crippen molar-refractivity contribution in [1.29, 1.82) is 0 Å². The van der Waals surface area contributed by atoms with Crippen LogP contribution in [-0.2, 0) is 0 Å². The summed E-state index contributed by atoms with van der Waals surface area (Å²) in [6.45, 7) is 0. The molecule has 0 aliphatic heterocycles. The molecule has 0 rings (SSSR count). The van der Waals surface area contributed by atoms with Gasteiger partial charge in [-0.15, -0.1) is 0 Å². The molecule has 0 heterocycles. The maximum Gasteiger partial charge on any atom is 2.00 e. The van der Waals surface area contributed by atoms with E-state index in [4.69, 9.17) is 0 Å². The van der Waals surface area contributed by atoms with Crippen LogP contribution in [0.4, 0.5) is 0 Å². The summed E-state index contributed by atoms with van der Waals surface area (Å²) in [6.07, 6.45) is 0. The van der Waals surface area contributed by atoms with Gasteiger partial charge in [0.1, 0.15) is 0 Å². The fraction of sp³-hybridized carbons (Fsp3) is 0. The molecule has 1 atom stereocenters. The monoisotopic (exact) mass is 126 g/mol.